The molecule has 0 radical (unpaired) electrons. The summed E-state index contributed by atoms with van der Waals surface area (Å²) in [5, 5.41) is 4.14. The highest BCUT2D eigenvalue weighted by Crippen LogP contribution is 2.13. The Hall–Kier alpha value is -1.52. The lowest BCUT2D eigenvalue weighted by Crippen LogP contribution is -2.28. The molecule has 0 amide bonds. The lowest BCUT2D eigenvalue weighted by atomic mass is 10.3. The molecule has 1 rings (SSSR count). The number of hydrogen-bond donors (Lipinski definition) is 0. The number of esters is 1. The second-order valence-corrected chi connectivity index (χ2v) is 3.71. The summed E-state index contributed by atoms with van der Waals surface area (Å²) in [6.45, 7) is 6.96. The van der Waals surface area contributed by atoms with Gasteiger partial charge in [0.15, 0.2) is 11.9 Å². The fourth-order valence-electron chi connectivity index (χ4n) is 1.45. The zero-order chi connectivity index (χ0) is 12.7. The highest BCUT2D eigenvalue weighted by Gasteiger charge is 2.20. The molecule has 0 N–H and O–H groups in total. The van der Waals surface area contributed by atoms with Crippen molar-refractivity contribution in [2.75, 3.05) is 6.61 Å². The van der Waals surface area contributed by atoms with Gasteiger partial charge in [-0.15, -0.1) is 0 Å². The molecule has 0 aliphatic heterocycles. The van der Waals surface area contributed by atoms with Gasteiger partial charge in [-0.05, 0) is 19.8 Å². The fourth-order valence-corrected chi connectivity index (χ4v) is 1.45. The molecule has 5 heteroatoms. The third-order valence-corrected chi connectivity index (χ3v) is 2.26. The summed E-state index contributed by atoms with van der Waals surface area (Å²) in [4.78, 5) is 11.5. The van der Waals surface area contributed by atoms with Crippen LogP contribution in [0.5, 0.6) is 5.75 Å². The van der Waals surface area contributed by atoms with Crippen LogP contribution in [-0.4, -0.2) is 28.5 Å². The Morgan fingerprint density at radius 1 is 1.47 bits per heavy atom. The minimum atomic E-state index is -0.547. The molecule has 0 bridgehead atoms. The van der Waals surface area contributed by atoms with Crippen LogP contribution in [0, 0.1) is 0 Å². The molecule has 1 heterocycles. The summed E-state index contributed by atoms with van der Waals surface area (Å²) in [7, 11) is 0. The second-order valence-electron chi connectivity index (χ2n) is 3.71. The standard InChI is InChI=1S/C12H20N2O3/c1-4-7-14-9-10(8-13-14)17-11(5-2)12(15)16-6-3/h8-9,11H,4-7H2,1-3H3. The van der Waals surface area contributed by atoms with E-state index in [1.54, 1.807) is 24.0 Å². The highest BCUT2D eigenvalue weighted by molar-refractivity contribution is 5.75. The largest absolute Gasteiger partial charge is 0.475 e. The molecule has 1 aromatic heterocycles. The smallest absolute Gasteiger partial charge is 0.347 e. The van der Waals surface area contributed by atoms with Crippen LogP contribution in [0.15, 0.2) is 12.4 Å². The first-order valence-electron chi connectivity index (χ1n) is 6.06. The van der Waals surface area contributed by atoms with Gasteiger partial charge in [-0.25, -0.2) is 4.79 Å². The quantitative estimate of drug-likeness (QED) is 0.684. The maximum atomic E-state index is 11.5. The number of ether oxygens (including phenoxy) is 2. The Labute approximate surface area is 102 Å². The van der Waals surface area contributed by atoms with Crippen LogP contribution in [0.1, 0.15) is 33.6 Å². The molecule has 96 valence electrons. The van der Waals surface area contributed by atoms with Gasteiger partial charge in [-0.1, -0.05) is 13.8 Å². The molecule has 1 atom stereocenters. The van der Waals surface area contributed by atoms with E-state index >= 15 is 0 Å². The molecule has 0 fully saturated rings. The highest BCUT2D eigenvalue weighted by atomic mass is 16.6. The van der Waals surface area contributed by atoms with Crippen molar-refractivity contribution in [3.8, 4) is 5.75 Å². The Kier molecular flexibility index (Phi) is 5.52. The van der Waals surface area contributed by atoms with Crippen molar-refractivity contribution in [3.63, 3.8) is 0 Å². The Balaban J connectivity index is 2.57. The summed E-state index contributed by atoms with van der Waals surface area (Å²) < 4.78 is 12.3. The van der Waals surface area contributed by atoms with Crippen molar-refractivity contribution in [1.82, 2.24) is 9.78 Å². The van der Waals surface area contributed by atoms with Crippen LogP contribution in [-0.2, 0) is 16.1 Å². The van der Waals surface area contributed by atoms with Gasteiger partial charge in [0.05, 0.1) is 19.0 Å². The first-order chi connectivity index (χ1) is 8.21. The molecule has 0 aromatic carbocycles. The number of hydrogen-bond acceptors (Lipinski definition) is 4. The first kappa shape index (κ1) is 13.5. The van der Waals surface area contributed by atoms with Gasteiger partial charge >= 0.3 is 5.97 Å². The van der Waals surface area contributed by atoms with Crippen LogP contribution in [0.2, 0.25) is 0 Å². The second kappa shape index (κ2) is 6.93. The van der Waals surface area contributed by atoms with Gasteiger partial charge in [-0.2, -0.15) is 5.10 Å². The summed E-state index contributed by atoms with van der Waals surface area (Å²) in [6, 6.07) is 0. The van der Waals surface area contributed by atoms with Gasteiger partial charge in [0.1, 0.15) is 0 Å². The van der Waals surface area contributed by atoms with Gasteiger partial charge < -0.3 is 9.47 Å². The molecule has 5 nitrogen and oxygen atoms in total. The van der Waals surface area contributed by atoms with Crippen LogP contribution < -0.4 is 4.74 Å². The lowest BCUT2D eigenvalue weighted by Gasteiger charge is -2.14. The average molecular weight is 240 g/mol. The number of nitrogens with zero attached hydrogens (tertiary/aromatic N) is 2. The van der Waals surface area contributed by atoms with Gasteiger partial charge in [0, 0.05) is 6.54 Å². The summed E-state index contributed by atoms with van der Waals surface area (Å²) in [6.07, 6.45) is 4.46. The topological polar surface area (TPSA) is 53.4 Å². The van der Waals surface area contributed by atoms with Crippen LogP contribution in [0.3, 0.4) is 0 Å². The fraction of sp³-hybridized carbons (Fsp3) is 0.667. The van der Waals surface area contributed by atoms with Gasteiger partial charge in [-0.3, -0.25) is 4.68 Å². The van der Waals surface area contributed by atoms with Crippen molar-refractivity contribution >= 4 is 5.97 Å². The molecule has 0 spiro atoms. The van der Waals surface area contributed by atoms with Crippen molar-refractivity contribution in [2.45, 2.75) is 46.3 Å². The van der Waals surface area contributed by atoms with E-state index in [4.69, 9.17) is 9.47 Å². The molecular weight excluding hydrogens is 220 g/mol. The third-order valence-electron chi connectivity index (χ3n) is 2.26. The van der Waals surface area contributed by atoms with Crippen molar-refractivity contribution in [1.29, 1.82) is 0 Å². The molecule has 0 saturated carbocycles. The zero-order valence-electron chi connectivity index (χ0n) is 10.7. The number of carbonyl (C=O) groups is 1. The minimum Gasteiger partial charge on any atom is -0.475 e. The van der Waals surface area contributed by atoms with Crippen molar-refractivity contribution in [2.24, 2.45) is 0 Å². The number of rotatable bonds is 7. The molecule has 0 aliphatic rings. The third kappa shape index (κ3) is 4.09. The van der Waals surface area contributed by atoms with Gasteiger partial charge in [0.25, 0.3) is 0 Å². The van der Waals surface area contributed by atoms with E-state index in [0.29, 0.717) is 18.8 Å². The zero-order valence-corrected chi connectivity index (χ0v) is 10.7. The average Bonchev–Trinajstić information content (AvgIpc) is 2.74. The number of carbonyl (C=O) groups excluding carboxylic acids is 1. The molecule has 17 heavy (non-hydrogen) atoms. The van der Waals surface area contributed by atoms with E-state index in [1.807, 2.05) is 6.92 Å². The van der Waals surface area contributed by atoms with E-state index in [1.165, 1.54) is 0 Å². The van der Waals surface area contributed by atoms with Crippen molar-refractivity contribution < 1.29 is 14.3 Å². The van der Waals surface area contributed by atoms with Crippen LogP contribution in [0.25, 0.3) is 0 Å². The number of aromatic nitrogens is 2. The molecule has 1 aromatic rings. The molecular formula is C12H20N2O3. The van der Waals surface area contributed by atoms with Crippen molar-refractivity contribution in [3.05, 3.63) is 12.4 Å². The SMILES string of the molecule is CCCn1cc(OC(CC)C(=O)OCC)cn1. The maximum Gasteiger partial charge on any atom is 0.347 e. The normalized spacial score (nSPS) is 12.2. The van der Waals surface area contributed by atoms with Gasteiger partial charge in [0.2, 0.25) is 0 Å². The Morgan fingerprint density at radius 3 is 2.82 bits per heavy atom. The van der Waals surface area contributed by atoms with E-state index in [9.17, 15) is 4.79 Å². The monoisotopic (exact) mass is 240 g/mol. The van der Waals surface area contributed by atoms with Crippen LogP contribution in [0.4, 0.5) is 0 Å². The summed E-state index contributed by atoms with van der Waals surface area (Å²) in [5.74, 6) is 0.289. The Morgan fingerprint density at radius 2 is 2.24 bits per heavy atom. The molecule has 1 unspecified atom stereocenters. The minimum absolute atomic E-state index is 0.321. The Bertz CT molecular complexity index is 349. The van der Waals surface area contributed by atoms with E-state index < -0.39 is 6.10 Å². The van der Waals surface area contributed by atoms with E-state index in [2.05, 4.69) is 12.0 Å². The maximum absolute atomic E-state index is 11.5. The summed E-state index contributed by atoms with van der Waals surface area (Å²) >= 11 is 0. The predicted octanol–water partition coefficient (Wildman–Crippen LogP) is 2.01. The van der Waals surface area contributed by atoms with Crippen LogP contribution >= 0.6 is 0 Å². The predicted molar refractivity (Wildman–Crippen MR) is 63.9 cm³/mol. The van der Waals surface area contributed by atoms with E-state index in [-0.39, 0.29) is 5.97 Å². The van der Waals surface area contributed by atoms with E-state index in [0.717, 1.165) is 13.0 Å². The summed E-state index contributed by atoms with van der Waals surface area (Å²) in [5.41, 5.74) is 0. The lowest BCUT2D eigenvalue weighted by molar-refractivity contribution is -0.151. The molecule has 0 aliphatic carbocycles. The number of aryl methyl sites for hydroxylation is 1. The first-order valence-corrected chi connectivity index (χ1v) is 6.06. The molecule has 0 saturated heterocycles.